The lowest BCUT2D eigenvalue weighted by Crippen LogP contribution is -2.35. The van der Waals surface area contributed by atoms with Gasteiger partial charge in [0.05, 0.1) is 0 Å². The fourth-order valence-electron chi connectivity index (χ4n) is 1.39. The maximum atomic E-state index is 10.6. The zero-order valence-corrected chi connectivity index (χ0v) is 7.45. The number of aliphatic carboxylic acids is 1. The molecule has 0 aromatic carbocycles. The summed E-state index contributed by atoms with van der Waals surface area (Å²) in [6.07, 6.45) is -0.0658. The smallest absolute Gasteiger partial charge is 0.333 e. The Morgan fingerprint density at radius 3 is 2.85 bits per heavy atom. The molecule has 1 aliphatic heterocycles. The minimum Gasteiger partial charge on any atom is -0.479 e. The van der Waals surface area contributed by atoms with Crippen LogP contribution in [-0.4, -0.2) is 36.2 Å². The first kappa shape index (κ1) is 9.98. The minimum atomic E-state index is -0.951. The summed E-state index contributed by atoms with van der Waals surface area (Å²) in [7, 11) is 0. The van der Waals surface area contributed by atoms with Crippen molar-refractivity contribution in [3.05, 3.63) is 0 Å². The van der Waals surface area contributed by atoms with Gasteiger partial charge in [-0.2, -0.15) is 0 Å². The SMILES string of the molecule is CC(=O)NC[C@@H]1CCO[C@@H]1C(=O)O. The van der Waals surface area contributed by atoms with Crippen molar-refractivity contribution in [3.63, 3.8) is 0 Å². The van der Waals surface area contributed by atoms with Gasteiger partial charge in [0.25, 0.3) is 0 Å². The van der Waals surface area contributed by atoms with Crippen molar-refractivity contribution in [2.24, 2.45) is 5.92 Å². The summed E-state index contributed by atoms with van der Waals surface area (Å²) in [5.74, 6) is -1.19. The predicted octanol–water partition coefficient (Wildman–Crippen LogP) is -0.388. The lowest BCUT2D eigenvalue weighted by molar-refractivity contribution is -0.149. The van der Waals surface area contributed by atoms with Crippen LogP contribution in [0.15, 0.2) is 0 Å². The average molecular weight is 187 g/mol. The summed E-state index contributed by atoms with van der Waals surface area (Å²) in [5, 5.41) is 11.3. The molecule has 0 aromatic rings. The standard InChI is InChI=1S/C8H13NO4/c1-5(10)9-4-6-2-3-13-7(6)8(11)12/h6-7H,2-4H2,1H3,(H,9,10)(H,11,12)/t6-,7-/m0/s1. The third kappa shape index (κ3) is 2.69. The Morgan fingerprint density at radius 2 is 2.31 bits per heavy atom. The highest BCUT2D eigenvalue weighted by molar-refractivity contribution is 5.74. The van der Waals surface area contributed by atoms with Crippen LogP contribution in [0.5, 0.6) is 0 Å². The molecule has 1 rings (SSSR count). The van der Waals surface area contributed by atoms with Crippen molar-refractivity contribution in [2.45, 2.75) is 19.4 Å². The molecule has 0 radical (unpaired) electrons. The van der Waals surface area contributed by atoms with Crippen molar-refractivity contribution < 1.29 is 19.4 Å². The first-order chi connectivity index (χ1) is 6.11. The van der Waals surface area contributed by atoms with Crippen LogP contribution in [0.25, 0.3) is 0 Å². The van der Waals surface area contributed by atoms with Crippen LogP contribution in [0, 0.1) is 5.92 Å². The third-order valence-corrected chi connectivity index (χ3v) is 2.07. The average Bonchev–Trinajstić information content (AvgIpc) is 2.47. The van der Waals surface area contributed by atoms with Crippen LogP contribution in [0.2, 0.25) is 0 Å². The van der Waals surface area contributed by atoms with Gasteiger partial charge in [-0.05, 0) is 6.42 Å². The molecule has 1 aliphatic rings. The Labute approximate surface area is 76.1 Å². The van der Waals surface area contributed by atoms with Crippen molar-refractivity contribution in [1.29, 1.82) is 0 Å². The van der Waals surface area contributed by atoms with Gasteiger partial charge in [0, 0.05) is 26.0 Å². The van der Waals surface area contributed by atoms with Gasteiger partial charge in [-0.1, -0.05) is 0 Å². The third-order valence-electron chi connectivity index (χ3n) is 2.07. The summed E-state index contributed by atoms with van der Waals surface area (Å²) >= 11 is 0. The number of rotatable bonds is 3. The van der Waals surface area contributed by atoms with E-state index in [1.54, 1.807) is 0 Å². The topological polar surface area (TPSA) is 75.6 Å². The highest BCUT2D eigenvalue weighted by Gasteiger charge is 2.33. The quantitative estimate of drug-likeness (QED) is 0.631. The molecule has 0 spiro atoms. The highest BCUT2D eigenvalue weighted by Crippen LogP contribution is 2.20. The fraction of sp³-hybridized carbons (Fsp3) is 0.750. The number of amides is 1. The van der Waals surface area contributed by atoms with Crippen molar-refractivity contribution in [3.8, 4) is 0 Å². The van der Waals surface area contributed by atoms with Crippen molar-refractivity contribution >= 4 is 11.9 Å². The summed E-state index contributed by atoms with van der Waals surface area (Å²) in [4.78, 5) is 21.2. The van der Waals surface area contributed by atoms with Gasteiger partial charge < -0.3 is 15.2 Å². The Balaban J connectivity index is 2.39. The molecule has 5 nitrogen and oxygen atoms in total. The van der Waals surface area contributed by atoms with Crippen LogP contribution in [-0.2, 0) is 14.3 Å². The second-order valence-electron chi connectivity index (χ2n) is 3.12. The van der Waals surface area contributed by atoms with E-state index in [1.807, 2.05) is 0 Å². The minimum absolute atomic E-state index is 0.0959. The number of carbonyl (C=O) groups is 2. The molecule has 1 heterocycles. The lowest BCUT2D eigenvalue weighted by Gasteiger charge is -2.13. The Bertz CT molecular complexity index is 216. The van der Waals surface area contributed by atoms with E-state index in [1.165, 1.54) is 6.92 Å². The van der Waals surface area contributed by atoms with Crippen LogP contribution in [0.1, 0.15) is 13.3 Å². The van der Waals surface area contributed by atoms with Gasteiger partial charge in [-0.25, -0.2) is 4.79 Å². The summed E-state index contributed by atoms with van der Waals surface area (Å²) < 4.78 is 5.01. The highest BCUT2D eigenvalue weighted by atomic mass is 16.5. The molecular formula is C8H13NO4. The number of nitrogens with one attached hydrogen (secondary N) is 1. The molecule has 13 heavy (non-hydrogen) atoms. The molecule has 2 N–H and O–H groups in total. The molecular weight excluding hydrogens is 174 g/mol. The number of carboxylic acids is 1. The van der Waals surface area contributed by atoms with Gasteiger partial charge >= 0.3 is 5.97 Å². The Morgan fingerprint density at radius 1 is 1.62 bits per heavy atom. The molecule has 0 unspecified atom stereocenters. The molecule has 1 amide bonds. The maximum absolute atomic E-state index is 10.6. The summed E-state index contributed by atoms with van der Waals surface area (Å²) in [5.41, 5.74) is 0. The molecule has 2 atom stereocenters. The second-order valence-corrected chi connectivity index (χ2v) is 3.12. The first-order valence-electron chi connectivity index (χ1n) is 4.20. The second kappa shape index (κ2) is 4.23. The van der Waals surface area contributed by atoms with Gasteiger partial charge in [-0.3, -0.25) is 4.79 Å². The zero-order valence-electron chi connectivity index (χ0n) is 7.45. The monoisotopic (exact) mass is 187 g/mol. The number of carboxylic acid groups (broad SMARTS) is 1. The van der Waals surface area contributed by atoms with E-state index in [0.29, 0.717) is 19.6 Å². The number of carbonyl (C=O) groups excluding carboxylic acids is 1. The van der Waals surface area contributed by atoms with E-state index in [9.17, 15) is 9.59 Å². The molecule has 74 valence electrons. The summed E-state index contributed by atoms with van der Waals surface area (Å²) in [6.45, 7) is 2.25. The van der Waals surface area contributed by atoms with Crippen molar-refractivity contribution in [2.75, 3.05) is 13.2 Å². The van der Waals surface area contributed by atoms with Gasteiger partial charge in [0.15, 0.2) is 6.10 Å². The number of hydrogen-bond donors (Lipinski definition) is 2. The molecule has 0 bridgehead atoms. The van der Waals surface area contributed by atoms with Gasteiger partial charge in [0.1, 0.15) is 0 Å². The van der Waals surface area contributed by atoms with E-state index < -0.39 is 12.1 Å². The largest absolute Gasteiger partial charge is 0.479 e. The van der Waals surface area contributed by atoms with Crippen LogP contribution < -0.4 is 5.32 Å². The first-order valence-corrected chi connectivity index (χ1v) is 4.20. The van der Waals surface area contributed by atoms with E-state index in [4.69, 9.17) is 9.84 Å². The van der Waals surface area contributed by atoms with E-state index in [2.05, 4.69) is 5.32 Å². The van der Waals surface area contributed by atoms with Crippen LogP contribution >= 0.6 is 0 Å². The molecule has 0 aliphatic carbocycles. The molecule has 1 saturated heterocycles. The number of hydrogen-bond acceptors (Lipinski definition) is 3. The van der Waals surface area contributed by atoms with E-state index >= 15 is 0 Å². The Kier molecular flexibility index (Phi) is 3.25. The van der Waals surface area contributed by atoms with Gasteiger partial charge in [-0.15, -0.1) is 0 Å². The Hall–Kier alpha value is -1.10. The lowest BCUT2D eigenvalue weighted by atomic mass is 10.0. The summed E-state index contributed by atoms with van der Waals surface area (Å²) in [6, 6.07) is 0. The van der Waals surface area contributed by atoms with Crippen LogP contribution in [0.3, 0.4) is 0 Å². The zero-order chi connectivity index (χ0) is 9.84. The van der Waals surface area contributed by atoms with E-state index in [0.717, 1.165) is 0 Å². The van der Waals surface area contributed by atoms with Gasteiger partial charge in [0.2, 0.25) is 5.91 Å². The fourth-order valence-corrected chi connectivity index (χ4v) is 1.39. The molecule has 0 aromatic heterocycles. The molecule has 0 saturated carbocycles. The molecule has 1 fully saturated rings. The number of ether oxygens (including phenoxy) is 1. The normalized spacial score (nSPS) is 27.2. The van der Waals surface area contributed by atoms with Crippen LogP contribution in [0.4, 0.5) is 0 Å². The van der Waals surface area contributed by atoms with Crippen molar-refractivity contribution in [1.82, 2.24) is 5.32 Å². The van der Waals surface area contributed by atoms with E-state index in [-0.39, 0.29) is 11.8 Å². The predicted molar refractivity (Wildman–Crippen MR) is 44.2 cm³/mol. The molecule has 5 heteroatoms. The maximum Gasteiger partial charge on any atom is 0.333 e.